The van der Waals surface area contributed by atoms with E-state index in [0.29, 0.717) is 28.5 Å². The van der Waals surface area contributed by atoms with Crippen LogP contribution >= 0.6 is 11.6 Å². The number of aliphatic carboxylic acids is 1. The first kappa shape index (κ1) is 20.6. The number of rotatable bonds is 5. The van der Waals surface area contributed by atoms with Crippen LogP contribution in [-0.4, -0.2) is 21.2 Å². The van der Waals surface area contributed by atoms with Gasteiger partial charge < -0.3 is 10.2 Å². The fraction of sp³-hybridized carbons (Fsp3) is 0.462. The molecule has 0 radical (unpaired) electrons. The number of aromatic nitrogens is 1. The lowest BCUT2D eigenvalue weighted by atomic mass is 9.48. The summed E-state index contributed by atoms with van der Waals surface area (Å²) in [6.07, 6.45) is 11.1. The minimum atomic E-state index is -0.976. The number of halogens is 1. The molecule has 162 valence electrons. The topological polar surface area (TPSA) is 70.4 Å². The number of nitrogens with zero attached hydrogens (tertiary/aromatic N) is 1. The van der Waals surface area contributed by atoms with Gasteiger partial charge in [0.15, 0.2) is 0 Å². The Morgan fingerprint density at radius 2 is 1.81 bits per heavy atom. The minimum Gasteiger partial charge on any atom is -0.508 e. The normalized spacial score (nSPS) is 29.4. The van der Waals surface area contributed by atoms with Gasteiger partial charge in [-0.05, 0) is 104 Å². The molecule has 4 aliphatic carbocycles. The summed E-state index contributed by atoms with van der Waals surface area (Å²) in [5.74, 6) is 1.79. The van der Waals surface area contributed by atoms with Gasteiger partial charge in [0.25, 0.3) is 0 Å². The van der Waals surface area contributed by atoms with Gasteiger partial charge in [-0.1, -0.05) is 18.5 Å². The SMILES string of the molecule is CC/C(=C\C(=O)O)c1cnc(-c2ccc(O)c(C34CC5CC(CC(C5)C3)C4)c2)c(Cl)c1. The van der Waals surface area contributed by atoms with Gasteiger partial charge >= 0.3 is 5.97 Å². The lowest BCUT2D eigenvalue weighted by Crippen LogP contribution is -2.48. The van der Waals surface area contributed by atoms with E-state index in [0.717, 1.165) is 34.4 Å². The van der Waals surface area contributed by atoms with Crippen molar-refractivity contribution in [3.63, 3.8) is 0 Å². The first-order valence-corrected chi connectivity index (χ1v) is 11.7. The molecule has 4 aliphatic rings. The molecule has 1 heterocycles. The van der Waals surface area contributed by atoms with Gasteiger partial charge in [-0.2, -0.15) is 0 Å². The number of carboxylic acid groups (broad SMARTS) is 1. The summed E-state index contributed by atoms with van der Waals surface area (Å²) in [4.78, 5) is 15.7. The third-order valence-corrected chi connectivity index (χ3v) is 8.06. The van der Waals surface area contributed by atoms with Gasteiger partial charge in [0.1, 0.15) is 5.75 Å². The zero-order valence-corrected chi connectivity index (χ0v) is 18.5. The Labute approximate surface area is 188 Å². The summed E-state index contributed by atoms with van der Waals surface area (Å²) in [6.45, 7) is 1.91. The molecule has 1 aromatic carbocycles. The van der Waals surface area contributed by atoms with Crippen molar-refractivity contribution in [2.75, 3.05) is 0 Å². The van der Waals surface area contributed by atoms with Gasteiger partial charge in [-0.25, -0.2) is 4.79 Å². The number of allylic oxidation sites excluding steroid dienone is 1. The number of hydrogen-bond donors (Lipinski definition) is 2. The molecule has 2 N–H and O–H groups in total. The second-order valence-corrected chi connectivity index (χ2v) is 10.3. The van der Waals surface area contributed by atoms with Crippen LogP contribution in [0.2, 0.25) is 5.02 Å². The van der Waals surface area contributed by atoms with Crippen LogP contribution in [-0.2, 0) is 10.2 Å². The quantitative estimate of drug-likeness (QED) is 0.527. The molecule has 0 unspecified atom stereocenters. The van der Waals surface area contributed by atoms with Crippen LogP contribution in [0, 0.1) is 17.8 Å². The fourth-order valence-corrected chi connectivity index (χ4v) is 7.19. The Balaban J connectivity index is 1.52. The van der Waals surface area contributed by atoms with Crippen molar-refractivity contribution < 1.29 is 15.0 Å². The van der Waals surface area contributed by atoms with Crippen molar-refractivity contribution in [2.45, 2.75) is 57.3 Å². The number of hydrogen-bond acceptors (Lipinski definition) is 3. The molecule has 2 aromatic rings. The number of carbonyl (C=O) groups is 1. The molecule has 4 saturated carbocycles. The molecule has 0 amide bonds. The molecular formula is C26H28ClNO3. The van der Waals surface area contributed by atoms with E-state index in [1.807, 2.05) is 13.0 Å². The van der Waals surface area contributed by atoms with Crippen LogP contribution in [0.4, 0.5) is 0 Å². The van der Waals surface area contributed by atoms with Crippen molar-refractivity contribution >= 4 is 23.1 Å². The van der Waals surface area contributed by atoms with E-state index in [2.05, 4.69) is 11.1 Å². The molecule has 0 atom stereocenters. The van der Waals surface area contributed by atoms with E-state index in [-0.39, 0.29) is 5.41 Å². The predicted molar refractivity (Wildman–Crippen MR) is 122 cm³/mol. The van der Waals surface area contributed by atoms with Crippen LogP contribution < -0.4 is 0 Å². The lowest BCUT2D eigenvalue weighted by molar-refractivity contribution is -0.131. The highest BCUT2D eigenvalue weighted by Gasteiger charge is 2.52. The predicted octanol–water partition coefficient (Wildman–Crippen LogP) is 6.45. The molecule has 5 heteroatoms. The molecule has 0 saturated heterocycles. The molecule has 0 aliphatic heterocycles. The van der Waals surface area contributed by atoms with E-state index in [1.165, 1.54) is 44.6 Å². The molecular weight excluding hydrogens is 410 g/mol. The Morgan fingerprint density at radius 1 is 1.16 bits per heavy atom. The highest BCUT2D eigenvalue weighted by Crippen LogP contribution is 2.62. The number of phenolic OH excluding ortho intramolecular Hbond substituents is 1. The second kappa shape index (κ2) is 7.67. The minimum absolute atomic E-state index is 0.0842. The number of pyridine rings is 1. The van der Waals surface area contributed by atoms with Gasteiger partial charge in [-0.15, -0.1) is 0 Å². The van der Waals surface area contributed by atoms with E-state index < -0.39 is 5.97 Å². The molecule has 4 bridgehead atoms. The molecule has 6 rings (SSSR count). The summed E-state index contributed by atoms with van der Waals surface area (Å²) in [6, 6.07) is 7.56. The summed E-state index contributed by atoms with van der Waals surface area (Å²) < 4.78 is 0. The second-order valence-electron chi connectivity index (χ2n) is 9.85. The third-order valence-electron chi connectivity index (χ3n) is 7.77. The number of benzene rings is 1. The zero-order valence-electron chi connectivity index (χ0n) is 17.8. The van der Waals surface area contributed by atoms with E-state index >= 15 is 0 Å². The lowest BCUT2D eigenvalue weighted by Gasteiger charge is -2.57. The van der Waals surface area contributed by atoms with Crippen LogP contribution in [0.15, 0.2) is 36.5 Å². The smallest absolute Gasteiger partial charge is 0.328 e. The van der Waals surface area contributed by atoms with Crippen molar-refractivity contribution in [3.05, 3.63) is 52.7 Å². The van der Waals surface area contributed by atoms with E-state index in [9.17, 15) is 9.90 Å². The highest BCUT2D eigenvalue weighted by atomic mass is 35.5. The van der Waals surface area contributed by atoms with Gasteiger partial charge in [0.2, 0.25) is 0 Å². The fourth-order valence-electron chi connectivity index (χ4n) is 6.91. The zero-order chi connectivity index (χ0) is 21.8. The van der Waals surface area contributed by atoms with Gasteiger partial charge in [0, 0.05) is 23.4 Å². The van der Waals surface area contributed by atoms with Crippen molar-refractivity contribution in [1.29, 1.82) is 0 Å². The first-order valence-electron chi connectivity index (χ1n) is 11.3. The first-order chi connectivity index (χ1) is 14.9. The Morgan fingerprint density at radius 3 is 2.35 bits per heavy atom. The van der Waals surface area contributed by atoms with Crippen LogP contribution in [0.1, 0.15) is 63.0 Å². The number of phenols is 1. The number of carboxylic acids is 1. The molecule has 0 spiro atoms. The maximum absolute atomic E-state index is 11.1. The molecule has 31 heavy (non-hydrogen) atoms. The Kier molecular flexibility index (Phi) is 5.09. The van der Waals surface area contributed by atoms with E-state index in [1.54, 1.807) is 18.3 Å². The largest absolute Gasteiger partial charge is 0.508 e. The summed E-state index contributed by atoms with van der Waals surface area (Å²) in [5.41, 5.74) is 4.13. The monoisotopic (exact) mass is 437 g/mol. The van der Waals surface area contributed by atoms with Gasteiger partial charge in [0.05, 0.1) is 10.7 Å². The van der Waals surface area contributed by atoms with Gasteiger partial charge in [-0.3, -0.25) is 4.98 Å². The molecule has 4 fully saturated rings. The summed E-state index contributed by atoms with van der Waals surface area (Å²) >= 11 is 6.61. The average Bonchev–Trinajstić information content (AvgIpc) is 2.71. The Hall–Kier alpha value is -2.33. The summed E-state index contributed by atoms with van der Waals surface area (Å²) in [7, 11) is 0. The van der Waals surface area contributed by atoms with Crippen molar-refractivity contribution in [2.24, 2.45) is 17.8 Å². The van der Waals surface area contributed by atoms with Crippen LogP contribution in [0.3, 0.4) is 0 Å². The standard InChI is InChI=1S/C26H28ClNO3/c1-2-18(10-24(30)31)20-9-22(27)25(28-14-20)19-3-4-23(29)21(8-19)26-11-15-5-16(12-26)7-17(6-15)13-26/h3-4,8-10,14-17,29H,2,5-7,11-13H2,1H3,(H,30,31)/b18-10+. The highest BCUT2D eigenvalue weighted by molar-refractivity contribution is 6.33. The van der Waals surface area contributed by atoms with Crippen molar-refractivity contribution in [3.8, 4) is 17.0 Å². The maximum Gasteiger partial charge on any atom is 0.328 e. The summed E-state index contributed by atoms with van der Waals surface area (Å²) in [5, 5.41) is 20.4. The van der Waals surface area contributed by atoms with Crippen molar-refractivity contribution in [1.82, 2.24) is 4.98 Å². The molecule has 4 nitrogen and oxygen atoms in total. The van der Waals surface area contributed by atoms with Crippen LogP contribution in [0.5, 0.6) is 5.75 Å². The molecule has 1 aromatic heterocycles. The number of aromatic hydroxyl groups is 1. The van der Waals surface area contributed by atoms with E-state index in [4.69, 9.17) is 16.7 Å². The Bertz CT molecular complexity index is 1040. The average molecular weight is 438 g/mol. The van der Waals surface area contributed by atoms with Crippen LogP contribution in [0.25, 0.3) is 16.8 Å². The maximum atomic E-state index is 11.1. The third kappa shape index (κ3) is 3.65.